The fraction of sp³-hybridized carbons (Fsp3) is 0.261. The van der Waals surface area contributed by atoms with Gasteiger partial charge in [0, 0.05) is 12.6 Å². The van der Waals surface area contributed by atoms with Gasteiger partial charge in [0.15, 0.2) is 0 Å². The molecule has 0 aliphatic carbocycles. The topological polar surface area (TPSA) is 50.4 Å². The van der Waals surface area contributed by atoms with E-state index in [1.165, 1.54) is 16.3 Å². The Hall–Kier alpha value is -2.85. The summed E-state index contributed by atoms with van der Waals surface area (Å²) in [6.07, 6.45) is 0. The minimum absolute atomic E-state index is 0.0158. The molecule has 0 aliphatic heterocycles. The van der Waals surface area contributed by atoms with Crippen LogP contribution in [-0.2, 0) is 11.3 Å². The molecule has 0 aromatic heterocycles. The minimum atomic E-state index is -0.294. The van der Waals surface area contributed by atoms with Crippen LogP contribution in [0.1, 0.15) is 31.0 Å². The smallest absolute Gasteiger partial charge is 0.237 e. The Morgan fingerprint density at radius 1 is 0.963 bits per heavy atom. The van der Waals surface area contributed by atoms with Gasteiger partial charge in [-0.2, -0.15) is 0 Å². The van der Waals surface area contributed by atoms with E-state index in [1.807, 2.05) is 43.3 Å². The van der Waals surface area contributed by atoms with Crippen LogP contribution in [0.3, 0.4) is 0 Å². The molecule has 0 bridgehead atoms. The molecule has 0 saturated heterocycles. The Morgan fingerprint density at radius 3 is 2.41 bits per heavy atom. The van der Waals surface area contributed by atoms with Gasteiger partial charge in [-0.1, -0.05) is 54.6 Å². The molecule has 2 atom stereocenters. The molecule has 1 amide bonds. The molecule has 27 heavy (non-hydrogen) atoms. The lowest BCUT2D eigenvalue weighted by molar-refractivity contribution is -0.123. The maximum atomic E-state index is 12.5. The highest BCUT2D eigenvalue weighted by atomic mass is 16.5. The zero-order chi connectivity index (χ0) is 19.2. The normalized spacial score (nSPS) is 13.1. The average Bonchev–Trinajstić information content (AvgIpc) is 2.71. The van der Waals surface area contributed by atoms with Crippen LogP contribution < -0.4 is 15.4 Å². The first-order chi connectivity index (χ1) is 13.1. The Bertz CT molecular complexity index is 900. The molecule has 0 spiro atoms. The molecule has 3 aromatic carbocycles. The first-order valence-corrected chi connectivity index (χ1v) is 9.23. The van der Waals surface area contributed by atoms with Crippen molar-refractivity contribution >= 4 is 16.7 Å². The number of carbonyl (C=O) groups is 1. The Balaban J connectivity index is 1.59. The Labute approximate surface area is 160 Å². The first-order valence-electron chi connectivity index (χ1n) is 9.23. The number of ether oxygens (including phenoxy) is 1. The van der Waals surface area contributed by atoms with Crippen LogP contribution in [0.4, 0.5) is 0 Å². The van der Waals surface area contributed by atoms with Gasteiger partial charge in [0.2, 0.25) is 5.91 Å². The molecular formula is C23H26N2O2. The van der Waals surface area contributed by atoms with Gasteiger partial charge in [-0.15, -0.1) is 0 Å². The predicted octanol–water partition coefficient (Wildman–Crippen LogP) is 4.20. The fourth-order valence-corrected chi connectivity index (χ4v) is 3.25. The monoisotopic (exact) mass is 362 g/mol. The molecule has 0 fully saturated rings. The van der Waals surface area contributed by atoms with Crippen LogP contribution in [0.2, 0.25) is 0 Å². The third-order valence-electron chi connectivity index (χ3n) is 4.81. The van der Waals surface area contributed by atoms with E-state index in [4.69, 9.17) is 4.74 Å². The van der Waals surface area contributed by atoms with Gasteiger partial charge in [0.05, 0.1) is 13.2 Å². The average molecular weight is 362 g/mol. The number of nitrogens with one attached hydrogen (secondary N) is 2. The van der Waals surface area contributed by atoms with Crippen LogP contribution >= 0.6 is 0 Å². The van der Waals surface area contributed by atoms with Crippen molar-refractivity contribution in [3.8, 4) is 5.75 Å². The third-order valence-corrected chi connectivity index (χ3v) is 4.81. The lowest BCUT2D eigenvalue weighted by Crippen LogP contribution is -2.42. The van der Waals surface area contributed by atoms with Crippen LogP contribution in [0, 0.1) is 0 Å². The van der Waals surface area contributed by atoms with E-state index in [0.717, 1.165) is 11.3 Å². The van der Waals surface area contributed by atoms with Crippen LogP contribution in [0.5, 0.6) is 5.75 Å². The number of hydrogen-bond donors (Lipinski definition) is 2. The highest BCUT2D eigenvalue weighted by Gasteiger charge is 2.17. The molecule has 0 aliphatic rings. The second kappa shape index (κ2) is 8.69. The molecule has 3 rings (SSSR count). The summed E-state index contributed by atoms with van der Waals surface area (Å²) >= 11 is 0. The lowest BCUT2D eigenvalue weighted by atomic mass is 9.99. The zero-order valence-corrected chi connectivity index (χ0v) is 16.0. The summed E-state index contributed by atoms with van der Waals surface area (Å²) in [4.78, 5) is 12.5. The molecule has 3 aromatic rings. The second-order valence-corrected chi connectivity index (χ2v) is 6.74. The molecule has 4 heteroatoms. The molecule has 2 N–H and O–H groups in total. The van der Waals surface area contributed by atoms with Gasteiger partial charge in [-0.25, -0.2) is 0 Å². The van der Waals surface area contributed by atoms with Crippen molar-refractivity contribution < 1.29 is 9.53 Å². The quantitative estimate of drug-likeness (QED) is 0.662. The molecule has 140 valence electrons. The number of fused-ring (bicyclic) bond motifs is 1. The van der Waals surface area contributed by atoms with E-state index in [0.29, 0.717) is 6.54 Å². The van der Waals surface area contributed by atoms with Crippen molar-refractivity contribution in [2.45, 2.75) is 32.5 Å². The van der Waals surface area contributed by atoms with Gasteiger partial charge in [-0.05, 0) is 47.9 Å². The van der Waals surface area contributed by atoms with E-state index in [2.05, 4.69) is 47.9 Å². The number of hydrogen-bond acceptors (Lipinski definition) is 3. The van der Waals surface area contributed by atoms with E-state index in [9.17, 15) is 4.79 Å². The molecule has 0 saturated carbocycles. The number of rotatable bonds is 7. The SMILES string of the molecule is COc1ccc(CNC(=O)[C@@H](C)N[C@@H](C)c2cccc3ccccc23)cc1. The summed E-state index contributed by atoms with van der Waals surface area (Å²) < 4.78 is 5.15. The van der Waals surface area contributed by atoms with Crippen LogP contribution in [-0.4, -0.2) is 19.1 Å². The Kier molecular flexibility index (Phi) is 6.09. The van der Waals surface area contributed by atoms with E-state index < -0.39 is 0 Å². The van der Waals surface area contributed by atoms with Crippen molar-refractivity contribution in [2.75, 3.05) is 7.11 Å². The van der Waals surface area contributed by atoms with Gasteiger partial charge in [0.25, 0.3) is 0 Å². The Morgan fingerprint density at radius 2 is 1.67 bits per heavy atom. The third kappa shape index (κ3) is 4.66. The van der Waals surface area contributed by atoms with E-state index >= 15 is 0 Å². The van der Waals surface area contributed by atoms with Crippen molar-refractivity contribution in [2.24, 2.45) is 0 Å². The molecule has 0 unspecified atom stereocenters. The fourth-order valence-electron chi connectivity index (χ4n) is 3.25. The first kappa shape index (κ1) is 18.9. The number of carbonyl (C=O) groups excluding carboxylic acids is 1. The summed E-state index contributed by atoms with van der Waals surface area (Å²) in [6, 6.07) is 22.1. The summed E-state index contributed by atoms with van der Waals surface area (Å²) in [7, 11) is 1.64. The van der Waals surface area contributed by atoms with Crippen LogP contribution in [0.15, 0.2) is 66.7 Å². The number of methoxy groups -OCH3 is 1. The van der Waals surface area contributed by atoms with Crippen molar-refractivity contribution in [1.82, 2.24) is 10.6 Å². The highest BCUT2D eigenvalue weighted by Crippen LogP contribution is 2.24. The highest BCUT2D eigenvalue weighted by molar-refractivity contribution is 5.86. The van der Waals surface area contributed by atoms with E-state index in [1.54, 1.807) is 7.11 Å². The lowest BCUT2D eigenvalue weighted by Gasteiger charge is -2.21. The number of amides is 1. The van der Waals surface area contributed by atoms with Crippen molar-refractivity contribution in [1.29, 1.82) is 0 Å². The second-order valence-electron chi connectivity index (χ2n) is 6.74. The molecule has 4 nitrogen and oxygen atoms in total. The molecular weight excluding hydrogens is 336 g/mol. The predicted molar refractivity (Wildman–Crippen MR) is 110 cm³/mol. The zero-order valence-electron chi connectivity index (χ0n) is 16.0. The van der Waals surface area contributed by atoms with Crippen molar-refractivity contribution in [3.05, 3.63) is 77.9 Å². The maximum Gasteiger partial charge on any atom is 0.237 e. The van der Waals surface area contributed by atoms with Gasteiger partial charge in [-0.3, -0.25) is 10.1 Å². The molecule has 0 heterocycles. The van der Waals surface area contributed by atoms with Gasteiger partial charge >= 0.3 is 0 Å². The summed E-state index contributed by atoms with van der Waals surface area (Å²) in [5, 5.41) is 8.82. The van der Waals surface area contributed by atoms with E-state index in [-0.39, 0.29) is 18.0 Å². The maximum absolute atomic E-state index is 12.5. The van der Waals surface area contributed by atoms with Crippen LogP contribution in [0.25, 0.3) is 10.8 Å². The largest absolute Gasteiger partial charge is 0.497 e. The summed E-state index contributed by atoms with van der Waals surface area (Å²) in [5.41, 5.74) is 2.24. The van der Waals surface area contributed by atoms with Gasteiger partial charge in [0.1, 0.15) is 5.75 Å². The summed E-state index contributed by atoms with van der Waals surface area (Å²) in [5.74, 6) is 0.793. The standard InChI is InChI=1S/C23H26N2O2/c1-16(21-10-6-8-19-7-4-5-9-22(19)21)25-17(2)23(26)24-15-18-11-13-20(27-3)14-12-18/h4-14,16-17,25H,15H2,1-3H3,(H,24,26)/t16-,17+/m0/s1. The summed E-state index contributed by atoms with van der Waals surface area (Å²) in [6.45, 7) is 4.48. The molecule has 0 radical (unpaired) electrons. The minimum Gasteiger partial charge on any atom is -0.497 e. The van der Waals surface area contributed by atoms with Crippen molar-refractivity contribution in [3.63, 3.8) is 0 Å². The number of benzene rings is 3. The van der Waals surface area contributed by atoms with Gasteiger partial charge < -0.3 is 10.1 Å².